The van der Waals surface area contributed by atoms with Crippen LogP contribution in [0.4, 0.5) is 13.2 Å². The third kappa shape index (κ3) is 7.46. The van der Waals surface area contributed by atoms with E-state index in [4.69, 9.17) is 0 Å². The van der Waals surface area contributed by atoms with Gasteiger partial charge in [-0.2, -0.15) is 0 Å². The fourth-order valence-electron chi connectivity index (χ4n) is 9.09. The molecule has 0 aromatic rings. The summed E-state index contributed by atoms with van der Waals surface area (Å²) < 4.78 is 45.1. The number of rotatable bonds is 10. The molecule has 4 saturated carbocycles. The Hall–Kier alpha value is -0.210. The highest BCUT2D eigenvalue weighted by atomic mass is 19.2. The topological polar surface area (TPSA) is 0 Å². The lowest BCUT2D eigenvalue weighted by molar-refractivity contribution is -0.0149. The molecule has 0 aromatic carbocycles. The monoisotopic (exact) mass is 510 g/mol. The molecule has 4 aliphatic rings. The zero-order valence-corrected chi connectivity index (χ0v) is 23.6. The lowest BCUT2D eigenvalue weighted by Crippen LogP contribution is -2.42. The van der Waals surface area contributed by atoms with Gasteiger partial charge in [0.2, 0.25) is 0 Å². The van der Waals surface area contributed by atoms with Crippen molar-refractivity contribution < 1.29 is 13.2 Å². The summed E-state index contributed by atoms with van der Waals surface area (Å²) in [5.74, 6) is 3.60. The summed E-state index contributed by atoms with van der Waals surface area (Å²) in [5, 5.41) is 0. The molecule has 7 atom stereocenters. The molecule has 0 N–H and O–H groups in total. The first kappa shape index (κ1) is 28.8. The summed E-state index contributed by atoms with van der Waals surface area (Å²) in [4.78, 5) is 0. The molecule has 0 spiro atoms. The Morgan fingerprint density at radius 3 is 1.81 bits per heavy atom. The molecule has 36 heavy (non-hydrogen) atoms. The molecule has 0 heterocycles. The minimum Gasteiger partial charge on any atom is -0.247 e. The minimum atomic E-state index is -1.23. The van der Waals surface area contributed by atoms with Crippen molar-refractivity contribution >= 4 is 0 Å². The van der Waals surface area contributed by atoms with Crippen LogP contribution >= 0.6 is 0 Å². The van der Waals surface area contributed by atoms with Crippen LogP contribution in [0.2, 0.25) is 0 Å². The highest BCUT2D eigenvalue weighted by Gasteiger charge is 2.43. The van der Waals surface area contributed by atoms with Gasteiger partial charge in [0, 0.05) is 0 Å². The first-order valence-corrected chi connectivity index (χ1v) is 16.4. The average Bonchev–Trinajstić information content (AvgIpc) is 2.91. The van der Waals surface area contributed by atoms with Crippen LogP contribution in [-0.4, -0.2) is 18.5 Å². The van der Waals surface area contributed by atoms with Crippen LogP contribution in [0, 0.1) is 47.3 Å². The largest absolute Gasteiger partial charge is 0.247 e. The molecule has 4 fully saturated rings. The second-order valence-electron chi connectivity index (χ2n) is 13.8. The highest BCUT2D eigenvalue weighted by molar-refractivity contribution is 4.93. The Labute approximate surface area is 221 Å². The molecule has 0 bridgehead atoms. The molecule has 0 saturated heterocycles. The fourth-order valence-corrected chi connectivity index (χ4v) is 9.09. The standard InChI is InChI=1S/C33H57F3/c1-3-5-8-27-18-19-29(22-31(27)34)25-14-12-24(13-15-25)7-6-9-28-20-21-30(33(36)32(28)35)26-16-10-23(4-2)11-17-26/h23-33H,3-22H2,1-2H3. The first-order chi connectivity index (χ1) is 17.5. The molecular formula is C33H57F3. The van der Waals surface area contributed by atoms with Crippen LogP contribution in [0.5, 0.6) is 0 Å². The van der Waals surface area contributed by atoms with E-state index in [0.717, 1.165) is 75.5 Å². The number of halogens is 3. The van der Waals surface area contributed by atoms with Gasteiger partial charge in [0.25, 0.3) is 0 Å². The van der Waals surface area contributed by atoms with Crippen LogP contribution in [0.15, 0.2) is 0 Å². The quantitative estimate of drug-likeness (QED) is 0.274. The van der Waals surface area contributed by atoms with Crippen LogP contribution in [0.25, 0.3) is 0 Å². The third-order valence-electron chi connectivity index (χ3n) is 11.7. The van der Waals surface area contributed by atoms with Gasteiger partial charge in [-0.1, -0.05) is 71.6 Å². The lowest BCUT2D eigenvalue weighted by atomic mass is 9.66. The van der Waals surface area contributed by atoms with E-state index in [1.54, 1.807) is 0 Å². The van der Waals surface area contributed by atoms with Gasteiger partial charge in [0.15, 0.2) is 0 Å². The SMILES string of the molecule is CCCCC1CCC(C2CCC(CCCC3CCC(C4CCC(CC)CC4)C(F)C3F)CC2)CC1F. The van der Waals surface area contributed by atoms with Crippen molar-refractivity contribution in [3.05, 3.63) is 0 Å². The molecule has 7 unspecified atom stereocenters. The Bertz CT molecular complexity index is 606. The summed E-state index contributed by atoms with van der Waals surface area (Å²) in [6, 6.07) is 0. The molecule has 4 aliphatic carbocycles. The van der Waals surface area contributed by atoms with Crippen molar-refractivity contribution in [3.8, 4) is 0 Å². The van der Waals surface area contributed by atoms with Crippen molar-refractivity contribution in [2.24, 2.45) is 47.3 Å². The van der Waals surface area contributed by atoms with Gasteiger partial charge in [-0.05, 0) is 118 Å². The van der Waals surface area contributed by atoms with E-state index in [9.17, 15) is 4.39 Å². The Morgan fingerprint density at radius 1 is 0.528 bits per heavy atom. The Morgan fingerprint density at radius 2 is 1.14 bits per heavy atom. The lowest BCUT2D eigenvalue weighted by Gasteiger charge is -2.41. The van der Waals surface area contributed by atoms with Gasteiger partial charge in [-0.25, -0.2) is 13.2 Å². The summed E-state index contributed by atoms with van der Waals surface area (Å²) in [7, 11) is 0. The van der Waals surface area contributed by atoms with Crippen LogP contribution in [0.1, 0.15) is 142 Å². The van der Waals surface area contributed by atoms with Crippen LogP contribution in [0.3, 0.4) is 0 Å². The maximum absolute atomic E-state index is 15.2. The molecular weight excluding hydrogens is 453 g/mol. The average molecular weight is 511 g/mol. The van der Waals surface area contributed by atoms with Gasteiger partial charge in [-0.3, -0.25) is 0 Å². The van der Waals surface area contributed by atoms with Crippen molar-refractivity contribution in [1.82, 2.24) is 0 Å². The smallest absolute Gasteiger partial charge is 0.134 e. The van der Waals surface area contributed by atoms with Crippen molar-refractivity contribution in [3.63, 3.8) is 0 Å². The third-order valence-corrected chi connectivity index (χ3v) is 11.7. The van der Waals surface area contributed by atoms with Gasteiger partial charge in [-0.15, -0.1) is 0 Å². The summed E-state index contributed by atoms with van der Waals surface area (Å²) >= 11 is 0. The van der Waals surface area contributed by atoms with E-state index in [-0.39, 0.29) is 11.8 Å². The van der Waals surface area contributed by atoms with Gasteiger partial charge < -0.3 is 0 Å². The molecule has 3 heteroatoms. The molecule has 0 radical (unpaired) electrons. The number of alkyl halides is 3. The molecule has 210 valence electrons. The fraction of sp³-hybridized carbons (Fsp3) is 1.00. The van der Waals surface area contributed by atoms with E-state index in [2.05, 4.69) is 13.8 Å². The molecule has 0 aromatic heterocycles. The van der Waals surface area contributed by atoms with E-state index in [1.165, 1.54) is 70.6 Å². The minimum absolute atomic E-state index is 0.0186. The van der Waals surface area contributed by atoms with Gasteiger partial charge in [0.1, 0.15) is 18.5 Å². The Balaban J connectivity index is 1.11. The van der Waals surface area contributed by atoms with Gasteiger partial charge >= 0.3 is 0 Å². The summed E-state index contributed by atoms with van der Waals surface area (Å²) in [6.07, 6.45) is 19.5. The van der Waals surface area contributed by atoms with Gasteiger partial charge in [0.05, 0.1) is 0 Å². The van der Waals surface area contributed by atoms with E-state index < -0.39 is 18.5 Å². The second kappa shape index (κ2) is 14.3. The predicted octanol–water partition coefficient (Wildman–Crippen LogP) is 10.8. The molecule has 0 aliphatic heterocycles. The maximum atomic E-state index is 15.2. The van der Waals surface area contributed by atoms with E-state index in [0.29, 0.717) is 17.8 Å². The van der Waals surface area contributed by atoms with Crippen molar-refractivity contribution in [1.29, 1.82) is 0 Å². The number of unbranched alkanes of at least 4 members (excludes halogenated alkanes) is 1. The maximum Gasteiger partial charge on any atom is 0.134 e. The predicted molar refractivity (Wildman–Crippen MR) is 146 cm³/mol. The zero-order valence-electron chi connectivity index (χ0n) is 23.6. The second-order valence-corrected chi connectivity index (χ2v) is 13.8. The molecule has 0 amide bonds. The number of hydrogen-bond donors (Lipinski definition) is 0. The normalized spacial score (nSPS) is 44.4. The van der Waals surface area contributed by atoms with Crippen molar-refractivity contribution in [2.75, 3.05) is 0 Å². The Kier molecular flexibility index (Phi) is 11.4. The van der Waals surface area contributed by atoms with Crippen LogP contribution in [-0.2, 0) is 0 Å². The van der Waals surface area contributed by atoms with E-state index in [1.807, 2.05) is 0 Å². The van der Waals surface area contributed by atoms with Crippen molar-refractivity contribution in [2.45, 2.75) is 161 Å². The van der Waals surface area contributed by atoms with E-state index >= 15 is 8.78 Å². The van der Waals surface area contributed by atoms with Crippen LogP contribution < -0.4 is 0 Å². The first-order valence-electron chi connectivity index (χ1n) is 16.4. The molecule has 0 nitrogen and oxygen atoms in total. The number of hydrogen-bond acceptors (Lipinski definition) is 0. The molecule has 4 rings (SSSR count). The summed E-state index contributed by atoms with van der Waals surface area (Å²) in [5.41, 5.74) is 0. The highest BCUT2D eigenvalue weighted by Crippen LogP contribution is 2.47. The summed E-state index contributed by atoms with van der Waals surface area (Å²) in [6.45, 7) is 4.47. The zero-order chi connectivity index (χ0) is 25.5.